The van der Waals surface area contributed by atoms with Gasteiger partial charge >= 0.3 is 6.16 Å². The van der Waals surface area contributed by atoms with Crippen LogP contribution in [0.3, 0.4) is 0 Å². The molecule has 0 bridgehead atoms. The third-order valence-corrected chi connectivity index (χ3v) is 5.96. The number of halogens is 1. The lowest BCUT2D eigenvalue weighted by atomic mass is 9.93. The Labute approximate surface area is 192 Å². The van der Waals surface area contributed by atoms with Crippen molar-refractivity contribution in [2.24, 2.45) is 0 Å². The van der Waals surface area contributed by atoms with Gasteiger partial charge in [0.05, 0.1) is 17.4 Å². The molecule has 2 atom stereocenters. The van der Waals surface area contributed by atoms with Gasteiger partial charge in [0, 0.05) is 31.4 Å². The van der Waals surface area contributed by atoms with E-state index in [1.165, 1.54) is 0 Å². The van der Waals surface area contributed by atoms with E-state index in [9.17, 15) is 14.3 Å². The average molecular weight is 460 g/mol. The minimum atomic E-state index is -0.975. The third-order valence-electron chi connectivity index (χ3n) is 5.96. The van der Waals surface area contributed by atoms with E-state index in [1.54, 1.807) is 19.3 Å². The number of hydrogen-bond donors (Lipinski definition) is 3. The van der Waals surface area contributed by atoms with Crippen LogP contribution in [0.15, 0.2) is 24.5 Å². The van der Waals surface area contributed by atoms with E-state index < -0.39 is 12.3 Å². The van der Waals surface area contributed by atoms with Gasteiger partial charge in [-0.1, -0.05) is 6.92 Å². The number of pyridine rings is 1. The van der Waals surface area contributed by atoms with Gasteiger partial charge in [-0.2, -0.15) is 4.98 Å². The number of rotatable bonds is 9. The lowest BCUT2D eigenvalue weighted by Gasteiger charge is -2.27. The smallest absolute Gasteiger partial charge is 0.430 e. The monoisotopic (exact) mass is 459 g/mol. The highest BCUT2D eigenvalue weighted by atomic mass is 19.1. The molecule has 2 aromatic heterocycles. The van der Waals surface area contributed by atoms with Crippen LogP contribution in [0, 0.1) is 0 Å². The number of hydrogen-bond acceptors (Lipinski definition) is 9. The van der Waals surface area contributed by atoms with Crippen LogP contribution < -0.4 is 10.6 Å². The first-order valence-corrected chi connectivity index (χ1v) is 11.5. The van der Waals surface area contributed by atoms with Gasteiger partial charge < -0.3 is 25.2 Å². The number of ether oxygens (including phenoxy) is 2. The van der Waals surface area contributed by atoms with Crippen molar-refractivity contribution in [2.75, 3.05) is 23.8 Å². The van der Waals surface area contributed by atoms with Crippen molar-refractivity contribution >= 4 is 17.9 Å². The molecular formula is C23H30FN5O4. The average Bonchev–Trinajstić information content (AvgIpc) is 3.23. The number of cyclic esters (lactones) is 2. The van der Waals surface area contributed by atoms with Gasteiger partial charge in [-0.05, 0) is 49.8 Å². The number of aliphatic hydroxyl groups excluding tert-OH is 1. The van der Waals surface area contributed by atoms with Crippen molar-refractivity contribution in [2.45, 2.75) is 69.9 Å². The Bertz CT molecular complexity index is 954. The summed E-state index contributed by atoms with van der Waals surface area (Å²) in [6.07, 6.45) is 5.24. The zero-order valence-electron chi connectivity index (χ0n) is 18.7. The second-order valence-corrected chi connectivity index (χ2v) is 8.55. The Kier molecular flexibility index (Phi) is 7.54. The molecule has 1 saturated carbocycles. The van der Waals surface area contributed by atoms with Crippen LogP contribution in [0.25, 0.3) is 11.3 Å². The van der Waals surface area contributed by atoms with Crippen LogP contribution in [0.2, 0.25) is 0 Å². The number of carbonyl (C=O) groups excluding carboxylic acids is 1. The molecule has 9 nitrogen and oxygen atoms in total. The Morgan fingerprint density at radius 3 is 2.82 bits per heavy atom. The molecule has 3 N–H and O–H groups in total. The molecule has 1 saturated heterocycles. The van der Waals surface area contributed by atoms with Crippen LogP contribution in [0.4, 0.5) is 21.0 Å². The predicted molar refractivity (Wildman–Crippen MR) is 121 cm³/mol. The molecular weight excluding hydrogens is 429 g/mol. The van der Waals surface area contributed by atoms with Gasteiger partial charge in [-0.15, -0.1) is 0 Å². The van der Waals surface area contributed by atoms with Gasteiger partial charge in [0.2, 0.25) is 5.95 Å². The molecule has 2 aromatic rings. The van der Waals surface area contributed by atoms with Crippen molar-refractivity contribution in [3.05, 3.63) is 30.1 Å². The minimum absolute atomic E-state index is 0.140. The van der Waals surface area contributed by atoms with Gasteiger partial charge in [0.15, 0.2) is 0 Å². The van der Waals surface area contributed by atoms with E-state index in [1.807, 2.05) is 12.1 Å². The number of alkyl halides is 1. The molecule has 2 fully saturated rings. The number of aromatic nitrogens is 3. The van der Waals surface area contributed by atoms with E-state index in [4.69, 9.17) is 9.47 Å². The summed E-state index contributed by atoms with van der Waals surface area (Å²) in [6.45, 7) is 2.16. The van der Waals surface area contributed by atoms with Crippen LogP contribution >= 0.6 is 0 Å². The second kappa shape index (κ2) is 10.7. The fraction of sp³-hybridized carbons (Fsp3) is 0.565. The quantitative estimate of drug-likeness (QED) is 0.484. The maximum Gasteiger partial charge on any atom is 0.508 e. The number of carbonyl (C=O) groups is 1. The Morgan fingerprint density at radius 1 is 1.27 bits per heavy atom. The largest absolute Gasteiger partial charge is 0.508 e. The van der Waals surface area contributed by atoms with E-state index in [-0.39, 0.29) is 31.4 Å². The molecule has 0 amide bonds. The molecule has 3 heterocycles. The summed E-state index contributed by atoms with van der Waals surface area (Å²) in [5, 5.41) is 16.3. The number of anilines is 2. The molecule has 1 aliphatic heterocycles. The molecule has 0 aromatic carbocycles. The Balaban J connectivity index is 1.56. The highest BCUT2D eigenvalue weighted by Gasteiger charge is 2.26. The zero-order chi connectivity index (χ0) is 23.2. The summed E-state index contributed by atoms with van der Waals surface area (Å²) in [7, 11) is 0. The summed E-state index contributed by atoms with van der Waals surface area (Å²) in [4.78, 5) is 24.7. The SMILES string of the molecule is CC[C@H](F)CNc1ncc(-c2cc(CC3COC(=O)O3)ccn2)c(NC2CCC(O)CC2)n1. The topological polar surface area (TPSA) is 118 Å². The number of nitrogens with one attached hydrogen (secondary N) is 2. The van der Waals surface area contributed by atoms with Gasteiger partial charge in [0.1, 0.15) is 24.7 Å². The molecule has 0 spiro atoms. The Hall–Kier alpha value is -3.01. The lowest BCUT2D eigenvalue weighted by molar-refractivity contribution is 0.118. The second-order valence-electron chi connectivity index (χ2n) is 8.55. The summed E-state index contributed by atoms with van der Waals surface area (Å²) in [5.74, 6) is 0.959. The van der Waals surface area contributed by atoms with Gasteiger partial charge in [0.25, 0.3) is 0 Å². The predicted octanol–water partition coefficient (Wildman–Crippen LogP) is 3.49. The maximum atomic E-state index is 13.7. The van der Waals surface area contributed by atoms with E-state index in [0.29, 0.717) is 30.3 Å². The van der Waals surface area contributed by atoms with Gasteiger partial charge in [-0.25, -0.2) is 14.2 Å². The minimum Gasteiger partial charge on any atom is -0.430 e. The first kappa shape index (κ1) is 23.2. The van der Waals surface area contributed by atoms with Crippen LogP contribution in [0.1, 0.15) is 44.6 Å². The highest BCUT2D eigenvalue weighted by molar-refractivity contribution is 5.73. The maximum absolute atomic E-state index is 13.7. The van der Waals surface area contributed by atoms with Crippen LogP contribution in [0.5, 0.6) is 0 Å². The van der Waals surface area contributed by atoms with Crippen molar-refractivity contribution < 1.29 is 23.8 Å². The first-order valence-electron chi connectivity index (χ1n) is 11.5. The standard InChI is InChI=1S/C23H30FN5O4/c1-2-15(24)11-26-22-27-12-19(21(29-22)28-16-3-5-17(30)6-4-16)20-10-14(7-8-25-20)9-18-13-32-23(31)33-18/h7-8,10,12,15-18,30H,2-6,9,11,13H2,1H3,(H2,26,27,28,29)/t15-,16?,17?,18?/m0/s1. The summed E-state index contributed by atoms with van der Waals surface area (Å²) < 4.78 is 23.7. The first-order chi connectivity index (χ1) is 16.0. The molecule has 1 aliphatic carbocycles. The molecule has 4 rings (SSSR count). The fourth-order valence-corrected chi connectivity index (χ4v) is 4.00. The van der Waals surface area contributed by atoms with Crippen molar-refractivity contribution in [3.8, 4) is 11.3 Å². The summed E-state index contributed by atoms with van der Waals surface area (Å²) >= 11 is 0. The molecule has 178 valence electrons. The van der Waals surface area contributed by atoms with Gasteiger partial charge in [-0.3, -0.25) is 4.98 Å². The third kappa shape index (κ3) is 6.28. The molecule has 0 radical (unpaired) electrons. The van der Waals surface area contributed by atoms with Crippen LogP contribution in [-0.4, -0.2) is 63.8 Å². The highest BCUT2D eigenvalue weighted by Crippen LogP contribution is 2.29. The van der Waals surface area contributed by atoms with Crippen molar-refractivity contribution in [3.63, 3.8) is 0 Å². The number of aliphatic hydroxyl groups is 1. The van der Waals surface area contributed by atoms with E-state index in [0.717, 1.165) is 36.8 Å². The van der Waals surface area contributed by atoms with Crippen molar-refractivity contribution in [1.82, 2.24) is 15.0 Å². The summed E-state index contributed by atoms with van der Waals surface area (Å²) in [6, 6.07) is 3.95. The normalized spacial score (nSPS) is 23.5. The Morgan fingerprint density at radius 2 is 2.09 bits per heavy atom. The van der Waals surface area contributed by atoms with Crippen molar-refractivity contribution in [1.29, 1.82) is 0 Å². The number of nitrogens with zero attached hydrogens (tertiary/aromatic N) is 3. The molecule has 1 unspecified atom stereocenters. The van der Waals surface area contributed by atoms with E-state index >= 15 is 0 Å². The summed E-state index contributed by atoms with van der Waals surface area (Å²) in [5.41, 5.74) is 2.35. The lowest BCUT2D eigenvalue weighted by Crippen LogP contribution is -2.29. The fourth-order valence-electron chi connectivity index (χ4n) is 4.00. The molecule has 10 heteroatoms. The van der Waals surface area contributed by atoms with Crippen LogP contribution in [-0.2, 0) is 15.9 Å². The van der Waals surface area contributed by atoms with E-state index in [2.05, 4.69) is 25.6 Å². The zero-order valence-corrected chi connectivity index (χ0v) is 18.7. The molecule has 2 aliphatic rings. The molecule has 33 heavy (non-hydrogen) atoms.